The zero-order valence-electron chi connectivity index (χ0n) is 13.2. The van der Waals surface area contributed by atoms with E-state index in [4.69, 9.17) is 5.11 Å². The van der Waals surface area contributed by atoms with E-state index in [1.807, 2.05) is 0 Å². The highest BCUT2D eigenvalue weighted by atomic mass is 16.4. The average molecular weight is 342 g/mol. The van der Waals surface area contributed by atoms with Crippen LogP contribution in [0.2, 0.25) is 0 Å². The standard InChI is InChI=1S/C17H14N2O6/c1-8-11(16(22)23)6-12(17(24)25)13(18-8)7-19-14(20)9-4-2-3-5-10(9)15(19)21/h2-5,18H,6-7H2,1H3,(H,22,23)(H,24,25). The molecule has 0 aromatic heterocycles. The maximum Gasteiger partial charge on any atom is 0.333 e. The number of imide groups is 1. The van der Waals surface area contributed by atoms with Gasteiger partial charge in [-0.2, -0.15) is 0 Å². The molecule has 8 heteroatoms. The second kappa shape index (κ2) is 5.90. The van der Waals surface area contributed by atoms with Crippen LogP contribution in [-0.2, 0) is 9.59 Å². The summed E-state index contributed by atoms with van der Waals surface area (Å²) in [5, 5.41) is 21.2. The van der Waals surface area contributed by atoms with Gasteiger partial charge in [0.05, 0.1) is 28.8 Å². The molecule has 0 saturated heterocycles. The lowest BCUT2D eigenvalue weighted by Crippen LogP contribution is -2.38. The first-order valence-corrected chi connectivity index (χ1v) is 7.42. The summed E-state index contributed by atoms with van der Waals surface area (Å²) >= 11 is 0. The van der Waals surface area contributed by atoms with Gasteiger partial charge in [0, 0.05) is 17.8 Å². The van der Waals surface area contributed by atoms with Crippen molar-refractivity contribution in [2.45, 2.75) is 13.3 Å². The molecule has 8 nitrogen and oxygen atoms in total. The number of aliphatic carboxylic acids is 2. The number of carbonyl (C=O) groups excluding carboxylic acids is 2. The van der Waals surface area contributed by atoms with E-state index in [-0.39, 0.29) is 46.6 Å². The topological polar surface area (TPSA) is 124 Å². The van der Waals surface area contributed by atoms with Crippen LogP contribution in [0.5, 0.6) is 0 Å². The largest absolute Gasteiger partial charge is 0.478 e. The van der Waals surface area contributed by atoms with Crippen LogP contribution in [0.25, 0.3) is 0 Å². The van der Waals surface area contributed by atoms with Gasteiger partial charge < -0.3 is 15.5 Å². The Balaban J connectivity index is 1.93. The fraction of sp³-hybridized carbons (Fsp3) is 0.176. The van der Waals surface area contributed by atoms with Crippen molar-refractivity contribution < 1.29 is 29.4 Å². The zero-order valence-corrected chi connectivity index (χ0v) is 13.2. The summed E-state index contributed by atoms with van der Waals surface area (Å²) in [5.74, 6) is -3.54. The van der Waals surface area contributed by atoms with Crippen LogP contribution in [0, 0.1) is 0 Å². The highest BCUT2D eigenvalue weighted by Gasteiger charge is 2.37. The Morgan fingerprint density at radius 1 is 1.04 bits per heavy atom. The molecule has 0 saturated carbocycles. The van der Waals surface area contributed by atoms with Crippen molar-refractivity contribution in [2.24, 2.45) is 0 Å². The third kappa shape index (κ3) is 2.67. The highest BCUT2D eigenvalue weighted by Crippen LogP contribution is 2.27. The summed E-state index contributed by atoms with van der Waals surface area (Å²) in [6.45, 7) is 1.24. The molecule has 0 aliphatic carbocycles. The van der Waals surface area contributed by atoms with Crippen molar-refractivity contribution in [2.75, 3.05) is 6.54 Å². The molecular formula is C17H14N2O6. The van der Waals surface area contributed by atoms with Crippen molar-refractivity contribution in [1.82, 2.24) is 10.2 Å². The smallest absolute Gasteiger partial charge is 0.333 e. The summed E-state index contributed by atoms with van der Waals surface area (Å²) in [6.07, 6.45) is -0.290. The molecule has 2 amide bonds. The second-order valence-electron chi connectivity index (χ2n) is 5.71. The summed E-state index contributed by atoms with van der Waals surface area (Å²) in [4.78, 5) is 48.5. The summed E-state index contributed by atoms with van der Waals surface area (Å²) in [6, 6.07) is 6.34. The number of hydrogen-bond acceptors (Lipinski definition) is 5. The van der Waals surface area contributed by atoms with Gasteiger partial charge in [0.1, 0.15) is 0 Å². The molecule has 0 spiro atoms. The normalized spacial score (nSPS) is 16.9. The number of rotatable bonds is 4. The number of nitrogens with one attached hydrogen (secondary N) is 1. The molecule has 128 valence electrons. The number of fused-ring (bicyclic) bond motifs is 1. The summed E-state index contributed by atoms with van der Waals surface area (Å²) in [7, 11) is 0. The molecule has 0 bridgehead atoms. The maximum absolute atomic E-state index is 12.4. The molecule has 0 atom stereocenters. The van der Waals surface area contributed by atoms with Crippen molar-refractivity contribution in [3.05, 3.63) is 57.9 Å². The van der Waals surface area contributed by atoms with Gasteiger partial charge >= 0.3 is 11.9 Å². The van der Waals surface area contributed by atoms with Crippen LogP contribution in [0.15, 0.2) is 46.8 Å². The van der Waals surface area contributed by atoms with Crippen molar-refractivity contribution >= 4 is 23.8 Å². The number of amides is 2. The minimum Gasteiger partial charge on any atom is -0.478 e. The first-order chi connectivity index (χ1) is 11.8. The molecule has 2 aliphatic heterocycles. The first kappa shape index (κ1) is 16.4. The average Bonchev–Trinajstić information content (AvgIpc) is 2.80. The predicted octanol–water partition coefficient (Wildman–Crippen LogP) is 0.973. The lowest BCUT2D eigenvalue weighted by molar-refractivity contribution is -0.133. The Morgan fingerprint density at radius 2 is 1.56 bits per heavy atom. The van der Waals surface area contributed by atoms with E-state index in [1.165, 1.54) is 19.1 Å². The van der Waals surface area contributed by atoms with Crippen LogP contribution in [0.1, 0.15) is 34.1 Å². The Labute approximate surface area is 142 Å². The number of carbonyl (C=O) groups is 4. The molecule has 0 radical (unpaired) electrons. The van der Waals surface area contributed by atoms with E-state index in [0.29, 0.717) is 0 Å². The zero-order chi connectivity index (χ0) is 18.3. The molecule has 0 unspecified atom stereocenters. The molecule has 1 aromatic carbocycles. The van der Waals surface area contributed by atoms with Gasteiger partial charge in [-0.15, -0.1) is 0 Å². The van der Waals surface area contributed by atoms with Crippen LogP contribution in [-0.4, -0.2) is 45.4 Å². The quantitative estimate of drug-likeness (QED) is 0.697. The monoisotopic (exact) mass is 342 g/mol. The Morgan fingerprint density at radius 3 is 2.04 bits per heavy atom. The molecule has 25 heavy (non-hydrogen) atoms. The van der Waals surface area contributed by atoms with Gasteiger partial charge in [0.25, 0.3) is 11.8 Å². The molecule has 2 heterocycles. The van der Waals surface area contributed by atoms with Crippen LogP contribution in [0.3, 0.4) is 0 Å². The summed E-state index contributed by atoms with van der Waals surface area (Å²) in [5.41, 5.74) is 0.690. The fourth-order valence-corrected chi connectivity index (χ4v) is 2.91. The van der Waals surface area contributed by atoms with Crippen LogP contribution >= 0.6 is 0 Å². The number of hydrogen-bond donors (Lipinski definition) is 3. The molecule has 1 aromatic rings. The van der Waals surface area contributed by atoms with Gasteiger partial charge in [0.2, 0.25) is 0 Å². The number of carboxylic acids is 2. The van der Waals surface area contributed by atoms with Gasteiger partial charge in [-0.25, -0.2) is 9.59 Å². The first-order valence-electron chi connectivity index (χ1n) is 7.42. The molecule has 3 rings (SSSR count). The van der Waals surface area contributed by atoms with Gasteiger partial charge in [-0.1, -0.05) is 12.1 Å². The minimum absolute atomic E-state index is 0.0662. The summed E-state index contributed by atoms with van der Waals surface area (Å²) < 4.78 is 0. The Hall–Kier alpha value is -3.42. The van der Waals surface area contributed by atoms with Crippen LogP contribution < -0.4 is 5.32 Å². The third-order valence-corrected chi connectivity index (χ3v) is 4.22. The Kier molecular flexibility index (Phi) is 3.88. The molecule has 0 fully saturated rings. The van der Waals surface area contributed by atoms with E-state index in [2.05, 4.69) is 5.32 Å². The van der Waals surface area contributed by atoms with Crippen molar-refractivity contribution in [3.8, 4) is 0 Å². The van der Waals surface area contributed by atoms with Gasteiger partial charge in [0.15, 0.2) is 0 Å². The molecule has 3 N–H and O–H groups in total. The van der Waals surface area contributed by atoms with E-state index in [1.54, 1.807) is 12.1 Å². The van der Waals surface area contributed by atoms with E-state index < -0.39 is 23.8 Å². The van der Waals surface area contributed by atoms with Crippen molar-refractivity contribution in [3.63, 3.8) is 0 Å². The molecular weight excluding hydrogens is 328 g/mol. The SMILES string of the molecule is CC1=C(C(=O)O)CC(C(=O)O)=C(CN2C(=O)c3ccccc3C2=O)N1. The minimum atomic E-state index is -1.30. The number of nitrogens with zero attached hydrogens (tertiary/aromatic N) is 1. The Bertz CT molecular complexity index is 861. The van der Waals surface area contributed by atoms with Crippen LogP contribution in [0.4, 0.5) is 0 Å². The van der Waals surface area contributed by atoms with Gasteiger partial charge in [-0.05, 0) is 19.1 Å². The van der Waals surface area contributed by atoms with E-state index in [9.17, 15) is 24.3 Å². The number of dihydropyridines is 1. The highest BCUT2D eigenvalue weighted by molar-refractivity contribution is 6.21. The second-order valence-corrected chi connectivity index (χ2v) is 5.71. The predicted molar refractivity (Wildman–Crippen MR) is 84.6 cm³/mol. The number of allylic oxidation sites excluding steroid dienone is 1. The van der Waals surface area contributed by atoms with Gasteiger partial charge in [-0.3, -0.25) is 14.5 Å². The number of carboxylic acid groups (broad SMARTS) is 2. The third-order valence-electron chi connectivity index (χ3n) is 4.22. The maximum atomic E-state index is 12.4. The number of benzene rings is 1. The van der Waals surface area contributed by atoms with E-state index >= 15 is 0 Å². The van der Waals surface area contributed by atoms with Crippen molar-refractivity contribution in [1.29, 1.82) is 0 Å². The molecule has 2 aliphatic rings. The lowest BCUT2D eigenvalue weighted by Gasteiger charge is -2.25. The van der Waals surface area contributed by atoms with E-state index in [0.717, 1.165) is 4.90 Å². The lowest BCUT2D eigenvalue weighted by atomic mass is 9.97. The fourth-order valence-electron chi connectivity index (χ4n) is 2.91.